The van der Waals surface area contributed by atoms with Crippen molar-refractivity contribution in [2.75, 3.05) is 20.1 Å². The molecule has 6 heteroatoms. The predicted octanol–water partition coefficient (Wildman–Crippen LogP) is 2.41. The second-order valence-electron chi connectivity index (χ2n) is 6.10. The van der Waals surface area contributed by atoms with Crippen LogP contribution in [0.1, 0.15) is 41.8 Å². The summed E-state index contributed by atoms with van der Waals surface area (Å²) >= 11 is 1.65. The lowest BCUT2D eigenvalue weighted by Crippen LogP contribution is -2.40. The zero-order chi connectivity index (χ0) is 18.2. The fourth-order valence-electron chi connectivity index (χ4n) is 2.44. The number of nitrogens with one attached hydrogen (secondary N) is 3. The summed E-state index contributed by atoms with van der Waals surface area (Å²) in [6, 6.07) is 12.5. The van der Waals surface area contributed by atoms with Crippen molar-refractivity contribution in [2.45, 2.75) is 25.8 Å². The molecule has 25 heavy (non-hydrogen) atoms. The van der Waals surface area contributed by atoms with Crippen molar-refractivity contribution in [1.29, 1.82) is 0 Å². The van der Waals surface area contributed by atoms with E-state index in [-0.39, 0.29) is 30.9 Å². The maximum Gasteiger partial charge on any atom is 0.239 e. The van der Waals surface area contributed by atoms with Gasteiger partial charge in [0.1, 0.15) is 0 Å². The first-order chi connectivity index (χ1) is 12.0. The number of likely N-dealkylation sites (N-methyl/N-ethyl adjacent to an activating group) is 1. The molecule has 0 aliphatic heterocycles. The average Bonchev–Trinajstić information content (AvgIpc) is 3.14. The van der Waals surface area contributed by atoms with Crippen LogP contribution in [0.15, 0.2) is 41.8 Å². The van der Waals surface area contributed by atoms with Gasteiger partial charge in [-0.05, 0) is 28.5 Å². The Morgan fingerprint density at radius 3 is 2.24 bits per heavy atom. The molecule has 5 nitrogen and oxygen atoms in total. The van der Waals surface area contributed by atoms with E-state index in [4.69, 9.17) is 0 Å². The standard InChI is InChI=1S/C19H25N3O2S/c1-13(2)14-6-8-15(9-7-14)19(16-5-4-10-25-16)22-12-18(24)21-11-17(23)20-3/h4-10,13,19,22H,11-12H2,1-3H3,(H,20,23)(H,21,24)/t19-/m0/s1. The number of hydrogen-bond acceptors (Lipinski definition) is 4. The zero-order valence-corrected chi connectivity index (χ0v) is 15.7. The summed E-state index contributed by atoms with van der Waals surface area (Å²) in [6.07, 6.45) is 0. The number of carbonyl (C=O) groups is 2. The summed E-state index contributed by atoms with van der Waals surface area (Å²) in [5, 5.41) is 10.4. The van der Waals surface area contributed by atoms with Gasteiger partial charge in [0.25, 0.3) is 0 Å². The van der Waals surface area contributed by atoms with E-state index in [9.17, 15) is 9.59 Å². The quantitative estimate of drug-likeness (QED) is 0.678. The van der Waals surface area contributed by atoms with E-state index in [0.717, 1.165) is 10.4 Å². The summed E-state index contributed by atoms with van der Waals surface area (Å²) in [4.78, 5) is 24.3. The van der Waals surface area contributed by atoms with Gasteiger partial charge in [-0.3, -0.25) is 14.9 Å². The van der Waals surface area contributed by atoms with Crippen LogP contribution in [0.2, 0.25) is 0 Å². The van der Waals surface area contributed by atoms with Gasteiger partial charge in [0.05, 0.1) is 19.1 Å². The molecule has 134 valence electrons. The Morgan fingerprint density at radius 2 is 1.68 bits per heavy atom. The van der Waals surface area contributed by atoms with Crippen molar-refractivity contribution in [3.05, 3.63) is 57.8 Å². The third-order valence-corrected chi connectivity index (χ3v) is 4.89. The number of rotatable bonds is 8. The van der Waals surface area contributed by atoms with Gasteiger partial charge in [0.2, 0.25) is 11.8 Å². The molecular weight excluding hydrogens is 334 g/mol. The molecule has 1 aromatic heterocycles. The maximum atomic E-state index is 12.0. The summed E-state index contributed by atoms with van der Waals surface area (Å²) < 4.78 is 0. The number of benzene rings is 1. The monoisotopic (exact) mass is 359 g/mol. The lowest BCUT2D eigenvalue weighted by molar-refractivity contribution is -0.125. The van der Waals surface area contributed by atoms with Gasteiger partial charge in [-0.25, -0.2) is 0 Å². The summed E-state index contributed by atoms with van der Waals surface area (Å²) in [5.41, 5.74) is 2.41. The Kier molecular flexibility index (Phi) is 7.16. The first-order valence-electron chi connectivity index (χ1n) is 8.35. The van der Waals surface area contributed by atoms with Crippen molar-refractivity contribution in [1.82, 2.24) is 16.0 Å². The third-order valence-electron chi connectivity index (χ3n) is 3.96. The van der Waals surface area contributed by atoms with E-state index in [1.165, 1.54) is 5.56 Å². The zero-order valence-electron chi connectivity index (χ0n) is 14.8. The minimum atomic E-state index is -0.215. The highest BCUT2D eigenvalue weighted by Crippen LogP contribution is 2.27. The molecule has 0 bridgehead atoms. The van der Waals surface area contributed by atoms with E-state index < -0.39 is 0 Å². The van der Waals surface area contributed by atoms with Gasteiger partial charge in [-0.2, -0.15) is 0 Å². The normalized spacial score (nSPS) is 12.0. The van der Waals surface area contributed by atoms with E-state index in [0.29, 0.717) is 5.92 Å². The largest absolute Gasteiger partial charge is 0.358 e. The van der Waals surface area contributed by atoms with E-state index in [1.807, 2.05) is 11.4 Å². The Morgan fingerprint density at radius 1 is 1.00 bits per heavy atom. The minimum absolute atomic E-state index is 0.0102. The number of amides is 2. The predicted molar refractivity (Wildman–Crippen MR) is 102 cm³/mol. The van der Waals surface area contributed by atoms with Crippen LogP contribution in [0.25, 0.3) is 0 Å². The van der Waals surface area contributed by atoms with Crippen LogP contribution in [-0.4, -0.2) is 32.0 Å². The molecule has 1 heterocycles. The first-order valence-corrected chi connectivity index (χ1v) is 9.23. The van der Waals surface area contributed by atoms with E-state index >= 15 is 0 Å². The maximum absolute atomic E-state index is 12.0. The number of hydrogen-bond donors (Lipinski definition) is 3. The molecule has 0 saturated heterocycles. The van der Waals surface area contributed by atoms with Crippen LogP contribution < -0.4 is 16.0 Å². The van der Waals surface area contributed by atoms with Crippen LogP contribution in [0.4, 0.5) is 0 Å². The van der Waals surface area contributed by atoms with Crippen molar-refractivity contribution in [2.24, 2.45) is 0 Å². The smallest absolute Gasteiger partial charge is 0.239 e. The highest BCUT2D eigenvalue weighted by Gasteiger charge is 2.16. The van der Waals surface area contributed by atoms with Crippen molar-refractivity contribution < 1.29 is 9.59 Å². The number of thiophene rings is 1. The van der Waals surface area contributed by atoms with Crippen LogP contribution >= 0.6 is 11.3 Å². The third kappa shape index (κ3) is 5.69. The molecular formula is C19H25N3O2S. The Balaban J connectivity index is 2.04. The lowest BCUT2D eigenvalue weighted by atomic mass is 9.98. The molecule has 0 unspecified atom stereocenters. The molecule has 0 aliphatic carbocycles. The van der Waals surface area contributed by atoms with Gasteiger partial charge in [-0.1, -0.05) is 44.2 Å². The molecule has 0 spiro atoms. The molecule has 0 saturated carbocycles. The van der Waals surface area contributed by atoms with Gasteiger partial charge < -0.3 is 10.6 Å². The fraction of sp³-hybridized carbons (Fsp3) is 0.368. The molecule has 1 atom stereocenters. The van der Waals surface area contributed by atoms with Crippen LogP contribution in [0.5, 0.6) is 0 Å². The molecule has 1 aromatic carbocycles. The van der Waals surface area contributed by atoms with Crippen molar-refractivity contribution >= 4 is 23.2 Å². The molecule has 0 fully saturated rings. The molecule has 2 aromatic rings. The highest BCUT2D eigenvalue weighted by molar-refractivity contribution is 7.10. The van der Waals surface area contributed by atoms with Crippen molar-refractivity contribution in [3.8, 4) is 0 Å². The SMILES string of the molecule is CNC(=O)CNC(=O)CN[C@@H](c1ccc(C(C)C)cc1)c1cccs1. The van der Waals surface area contributed by atoms with Gasteiger partial charge in [0, 0.05) is 11.9 Å². The first kappa shape index (κ1) is 19.1. The molecule has 0 aliphatic rings. The summed E-state index contributed by atoms with van der Waals surface area (Å²) in [5.74, 6) is 0.0640. The van der Waals surface area contributed by atoms with Gasteiger partial charge in [0.15, 0.2) is 0 Å². The van der Waals surface area contributed by atoms with Gasteiger partial charge in [-0.15, -0.1) is 11.3 Å². The average molecular weight is 359 g/mol. The van der Waals surface area contributed by atoms with Crippen LogP contribution in [0.3, 0.4) is 0 Å². The van der Waals surface area contributed by atoms with Crippen molar-refractivity contribution in [3.63, 3.8) is 0 Å². The van der Waals surface area contributed by atoms with E-state index in [1.54, 1.807) is 18.4 Å². The number of carbonyl (C=O) groups excluding carboxylic acids is 2. The Labute approximate surface area is 152 Å². The van der Waals surface area contributed by atoms with Gasteiger partial charge >= 0.3 is 0 Å². The highest BCUT2D eigenvalue weighted by atomic mass is 32.1. The molecule has 2 amide bonds. The lowest BCUT2D eigenvalue weighted by Gasteiger charge is -2.19. The molecule has 3 N–H and O–H groups in total. The topological polar surface area (TPSA) is 70.2 Å². The van der Waals surface area contributed by atoms with E-state index in [2.05, 4.69) is 60.1 Å². The fourth-order valence-corrected chi connectivity index (χ4v) is 3.26. The Hall–Kier alpha value is -2.18. The minimum Gasteiger partial charge on any atom is -0.358 e. The second-order valence-corrected chi connectivity index (χ2v) is 7.08. The van der Waals surface area contributed by atoms with Crippen LogP contribution in [0, 0.1) is 0 Å². The summed E-state index contributed by atoms with van der Waals surface area (Å²) in [7, 11) is 1.54. The summed E-state index contributed by atoms with van der Waals surface area (Å²) in [6.45, 7) is 4.47. The molecule has 2 rings (SSSR count). The molecule has 0 radical (unpaired) electrons. The van der Waals surface area contributed by atoms with Crippen LogP contribution in [-0.2, 0) is 9.59 Å². The second kappa shape index (κ2) is 9.34. The Bertz CT molecular complexity index is 681.